The number of amidine groups is 1. The number of rotatable bonds is 6. The number of carbonyl (C=O) groups excluding carboxylic acids is 1. The summed E-state index contributed by atoms with van der Waals surface area (Å²) in [5.41, 5.74) is 0.764. The lowest BCUT2D eigenvalue weighted by Crippen LogP contribution is -2.23. The van der Waals surface area contributed by atoms with Crippen molar-refractivity contribution in [1.82, 2.24) is 14.9 Å². The number of sulfonamides is 1. The van der Waals surface area contributed by atoms with E-state index >= 15 is 0 Å². The average Bonchev–Trinajstić information content (AvgIpc) is 3.33. The van der Waals surface area contributed by atoms with Crippen LogP contribution >= 0.6 is 0 Å². The topological polar surface area (TPSA) is 167 Å². The summed E-state index contributed by atoms with van der Waals surface area (Å²) < 4.78 is 36.7. The highest BCUT2D eigenvalue weighted by molar-refractivity contribution is 7.90. The maximum atomic E-state index is 12.0. The summed E-state index contributed by atoms with van der Waals surface area (Å²) >= 11 is 0. The fraction of sp³-hybridized carbons (Fsp3) is 0.111. The number of aromatic nitrogens is 2. The van der Waals surface area contributed by atoms with Crippen LogP contribution in [0.4, 0.5) is 5.69 Å². The van der Waals surface area contributed by atoms with E-state index in [0.717, 1.165) is 0 Å². The number of fused-ring (bicyclic) bond motifs is 1. The highest BCUT2D eigenvalue weighted by Crippen LogP contribution is 2.23. The van der Waals surface area contributed by atoms with Crippen molar-refractivity contribution in [3.05, 3.63) is 70.1 Å². The molecule has 1 N–H and O–H groups in total. The fourth-order valence-electron chi connectivity index (χ4n) is 2.74. The minimum absolute atomic E-state index is 0.0151. The molecule has 158 valence electrons. The van der Waals surface area contributed by atoms with Crippen LogP contribution in [0.3, 0.4) is 0 Å². The van der Waals surface area contributed by atoms with Gasteiger partial charge in [-0.1, -0.05) is 12.1 Å². The van der Waals surface area contributed by atoms with Gasteiger partial charge in [0.1, 0.15) is 12.4 Å². The lowest BCUT2D eigenvalue weighted by Gasteiger charge is -2.01. The second kappa shape index (κ2) is 7.95. The van der Waals surface area contributed by atoms with Crippen molar-refractivity contribution in [3.63, 3.8) is 0 Å². The Morgan fingerprint density at radius 3 is 2.65 bits per heavy atom. The van der Waals surface area contributed by atoms with Gasteiger partial charge in [-0.15, -0.1) is 10.2 Å². The number of carbonyl (C=O) groups is 1. The molecule has 1 aliphatic heterocycles. The van der Waals surface area contributed by atoms with Crippen LogP contribution in [-0.4, -0.2) is 41.9 Å². The Balaban J connectivity index is 1.36. The molecule has 0 unspecified atom stereocenters. The molecule has 4 rings (SSSR count). The quantitative estimate of drug-likeness (QED) is 0.336. The van der Waals surface area contributed by atoms with Gasteiger partial charge in [0.15, 0.2) is 6.61 Å². The van der Waals surface area contributed by atoms with Gasteiger partial charge in [0.2, 0.25) is 5.89 Å². The molecule has 0 saturated heterocycles. The van der Waals surface area contributed by atoms with Gasteiger partial charge in [0.25, 0.3) is 21.6 Å². The molecule has 0 saturated carbocycles. The highest BCUT2D eigenvalue weighted by atomic mass is 32.2. The lowest BCUT2D eigenvalue weighted by atomic mass is 10.2. The molecule has 3 aromatic rings. The number of ether oxygens (including phenoxy) is 1. The summed E-state index contributed by atoms with van der Waals surface area (Å²) in [6, 6.07) is 11.8. The third-order valence-electron chi connectivity index (χ3n) is 4.18. The Kier molecular flexibility index (Phi) is 5.17. The SMILES string of the molecule is O=C(CN=C1NS(=O)(=O)c2ccccc21)OCc1nnc(-c2ccc([N+](=O)[O-])cc2)o1. The van der Waals surface area contributed by atoms with E-state index in [1.165, 1.54) is 30.3 Å². The van der Waals surface area contributed by atoms with E-state index in [4.69, 9.17) is 9.15 Å². The second-order valence-corrected chi connectivity index (χ2v) is 7.88. The summed E-state index contributed by atoms with van der Waals surface area (Å²) in [7, 11) is -3.69. The molecule has 2 aromatic carbocycles. The Morgan fingerprint density at radius 2 is 1.90 bits per heavy atom. The standard InChI is InChI=1S/C18H13N5O7S/c24-16(9-19-17-13-3-1-2-4-14(13)31(27,28)22-17)29-10-15-20-21-18(30-15)11-5-7-12(8-6-11)23(25)26/h1-8H,9-10H2,(H,19,22). The summed E-state index contributed by atoms with van der Waals surface area (Å²) in [6.45, 7) is -0.735. The Bertz CT molecular complexity index is 1300. The highest BCUT2D eigenvalue weighted by Gasteiger charge is 2.30. The van der Waals surface area contributed by atoms with E-state index in [1.54, 1.807) is 18.2 Å². The Hall–Kier alpha value is -4.13. The van der Waals surface area contributed by atoms with Gasteiger partial charge in [-0.25, -0.2) is 8.42 Å². The number of non-ortho nitro benzene ring substituents is 1. The van der Waals surface area contributed by atoms with Gasteiger partial charge >= 0.3 is 5.97 Å². The van der Waals surface area contributed by atoms with Crippen LogP contribution in [-0.2, 0) is 26.2 Å². The number of nitro groups is 1. The van der Waals surface area contributed by atoms with Gasteiger partial charge in [0.05, 0.1) is 9.82 Å². The fourth-order valence-corrected chi connectivity index (χ4v) is 3.99. The molecule has 0 fully saturated rings. The van der Waals surface area contributed by atoms with E-state index in [2.05, 4.69) is 19.9 Å². The number of benzene rings is 2. The first-order chi connectivity index (χ1) is 14.8. The molecule has 0 amide bonds. The number of nitrogens with zero attached hydrogens (tertiary/aromatic N) is 4. The first kappa shape index (κ1) is 20.2. The molecule has 12 nitrogen and oxygen atoms in total. The summed E-state index contributed by atoms with van der Waals surface area (Å²) in [4.78, 5) is 26.2. The van der Waals surface area contributed by atoms with Crippen molar-refractivity contribution in [2.75, 3.05) is 6.54 Å². The van der Waals surface area contributed by atoms with Crippen LogP contribution in [0, 0.1) is 10.1 Å². The molecule has 0 bridgehead atoms. The van der Waals surface area contributed by atoms with Crippen molar-refractivity contribution in [3.8, 4) is 11.5 Å². The van der Waals surface area contributed by atoms with Gasteiger partial charge in [-0.2, -0.15) is 0 Å². The third kappa shape index (κ3) is 4.25. The molecule has 0 atom stereocenters. The van der Waals surface area contributed by atoms with Crippen molar-refractivity contribution in [1.29, 1.82) is 0 Å². The number of hydrogen-bond acceptors (Lipinski definition) is 10. The largest absolute Gasteiger partial charge is 0.454 e. The lowest BCUT2D eigenvalue weighted by molar-refractivity contribution is -0.384. The predicted octanol–water partition coefficient (Wildman–Crippen LogP) is 1.43. The minimum Gasteiger partial charge on any atom is -0.454 e. The molecule has 13 heteroatoms. The zero-order valence-electron chi connectivity index (χ0n) is 15.6. The maximum absolute atomic E-state index is 12.0. The first-order valence-corrected chi connectivity index (χ1v) is 10.2. The molecule has 31 heavy (non-hydrogen) atoms. The monoisotopic (exact) mass is 443 g/mol. The first-order valence-electron chi connectivity index (χ1n) is 8.73. The van der Waals surface area contributed by atoms with Crippen LogP contribution in [0.25, 0.3) is 11.5 Å². The van der Waals surface area contributed by atoms with Gasteiger partial charge in [-0.05, 0) is 24.3 Å². The van der Waals surface area contributed by atoms with Gasteiger partial charge < -0.3 is 9.15 Å². The van der Waals surface area contributed by atoms with E-state index in [0.29, 0.717) is 11.1 Å². The average molecular weight is 443 g/mol. The van der Waals surface area contributed by atoms with Crippen LogP contribution in [0.2, 0.25) is 0 Å². The number of aliphatic imine (C=N–C) groups is 1. The van der Waals surface area contributed by atoms with Crippen molar-refractivity contribution in [2.45, 2.75) is 11.5 Å². The minimum atomic E-state index is -3.69. The van der Waals surface area contributed by atoms with E-state index in [9.17, 15) is 23.3 Å². The molecular weight excluding hydrogens is 430 g/mol. The van der Waals surface area contributed by atoms with Crippen molar-refractivity contribution >= 4 is 27.5 Å². The predicted molar refractivity (Wildman–Crippen MR) is 104 cm³/mol. The zero-order chi connectivity index (χ0) is 22.0. The smallest absolute Gasteiger partial charge is 0.328 e. The van der Waals surface area contributed by atoms with E-state index < -0.39 is 27.5 Å². The van der Waals surface area contributed by atoms with Gasteiger partial charge in [0, 0.05) is 23.3 Å². The molecule has 0 spiro atoms. The molecule has 2 heterocycles. The Morgan fingerprint density at radius 1 is 1.16 bits per heavy atom. The molecule has 1 aliphatic rings. The van der Waals surface area contributed by atoms with Crippen molar-refractivity contribution < 1.29 is 27.3 Å². The number of nitrogens with one attached hydrogen (secondary N) is 1. The van der Waals surface area contributed by atoms with Gasteiger partial charge in [-0.3, -0.25) is 24.6 Å². The Labute approximate surface area is 174 Å². The number of nitro benzene ring substituents is 1. The van der Waals surface area contributed by atoms with Crippen LogP contribution in [0.5, 0.6) is 0 Å². The third-order valence-corrected chi connectivity index (χ3v) is 5.57. The summed E-state index contributed by atoms with van der Waals surface area (Å²) in [5.74, 6) is -0.545. The molecule has 0 aliphatic carbocycles. The summed E-state index contributed by atoms with van der Waals surface area (Å²) in [6.07, 6.45) is 0. The van der Waals surface area contributed by atoms with E-state index in [-0.39, 0.29) is 34.8 Å². The maximum Gasteiger partial charge on any atom is 0.328 e. The van der Waals surface area contributed by atoms with Crippen LogP contribution in [0.15, 0.2) is 62.8 Å². The summed E-state index contributed by atoms with van der Waals surface area (Å²) in [5, 5.41) is 18.3. The molecule has 1 aromatic heterocycles. The second-order valence-electron chi connectivity index (χ2n) is 6.23. The van der Waals surface area contributed by atoms with E-state index in [1.807, 2.05) is 0 Å². The normalized spacial score (nSPS) is 15.3. The van der Waals surface area contributed by atoms with Crippen molar-refractivity contribution in [2.24, 2.45) is 4.99 Å². The number of esters is 1. The van der Waals surface area contributed by atoms with Crippen LogP contribution in [0.1, 0.15) is 11.5 Å². The number of hydrogen-bond donors (Lipinski definition) is 1. The molecule has 0 radical (unpaired) electrons. The van der Waals surface area contributed by atoms with Crippen LogP contribution < -0.4 is 4.72 Å². The molecular formula is C18H13N5O7S. The zero-order valence-corrected chi connectivity index (χ0v) is 16.4.